The van der Waals surface area contributed by atoms with Crippen molar-refractivity contribution >= 4 is 5.91 Å². The quantitative estimate of drug-likeness (QED) is 0.453. The Kier molecular flexibility index (Phi) is 8.18. The molecule has 0 saturated carbocycles. The van der Waals surface area contributed by atoms with Crippen molar-refractivity contribution in [3.8, 4) is 11.3 Å². The van der Waals surface area contributed by atoms with E-state index in [9.17, 15) is 4.79 Å². The van der Waals surface area contributed by atoms with Gasteiger partial charge in [0.2, 0.25) is 11.8 Å². The van der Waals surface area contributed by atoms with Crippen molar-refractivity contribution in [3.63, 3.8) is 0 Å². The van der Waals surface area contributed by atoms with Gasteiger partial charge in [0, 0.05) is 44.1 Å². The minimum absolute atomic E-state index is 0.117. The predicted molar refractivity (Wildman–Crippen MR) is 116 cm³/mol. The minimum Gasteiger partial charge on any atom is -0.346 e. The van der Waals surface area contributed by atoms with Gasteiger partial charge in [-0.15, -0.1) is 0 Å². The smallest absolute Gasteiger partial charge is 0.227 e. The summed E-state index contributed by atoms with van der Waals surface area (Å²) in [5, 5.41) is 11.5. The van der Waals surface area contributed by atoms with Crippen LogP contribution in [-0.4, -0.2) is 44.7 Å². The van der Waals surface area contributed by atoms with E-state index in [1.165, 1.54) is 0 Å². The molecule has 1 N–H and O–H groups in total. The topological polar surface area (TPSA) is 87.9 Å². The van der Waals surface area contributed by atoms with Crippen LogP contribution in [0.25, 0.3) is 11.3 Å². The highest BCUT2D eigenvalue weighted by Gasteiger charge is 2.12. The van der Waals surface area contributed by atoms with Crippen molar-refractivity contribution in [1.29, 1.82) is 0 Å². The van der Waals surface area contributed by atoms with Gasteiger partial charge in [-0.1, -0.05) is 48.8 Å². The Morgan fingerprint density at radius 3 is 2.73 bits per heavy atom. The molecular weight excluding hydrogens is 378 g/mol. The molecule has 7 nitrogen and oxygen atoms in total. The van der Waals surface area contributed by atoms with Crippen LogP contribution in [0.3, 0.4) is 0 Å². The maximum Gasteiger partial charge on any atom is 0.227 e. The van der Waals surface area contributed by atoms with Gasteiger partial charge in [0.1, 0.15) is 0 Å². The maximum atomic E-state index is 12.3. The van der Waals surface area contributed by atoms with Gasteiger partial charge in [-0.2, -0.15) is 10.1 Å². The van der Waals surface area contributed by atoms with Gasteiger partial charge in [0.15, 0.2) is 5.82 Å². The number of hydrogen-bond acceptors (Lipinski definition) is 5. The number of nitrogens with zero attached hydrogens (tertiary/aromatic N) is 4. The van der Waals surface area contributed by atoms with E-state index in [2.05, 4.69) is 45.5 Å². The Hall–Kier alpha value is -2.96. The third-order valence-electron chi connectivity index (χ3n) is 5.10. The van der Waals surface area contributed by atoms with Crippen molar-refractivity contribution in [2.24, 2.45) is 0 Å². The van der Waals surface area contributed by atoms with E-state index in [4.69, 9.17) is 4.52 Å². The lowest BCUT2D eigenvalue weighted by molar-refractivity contribution is -0.130. The fourth-order valence-electron chi connectivity index (χ4n) is 3.33. The fourth-order valence-corrected chi connectivity index (χ4v) is 3.33. The summed E-state index contributed by atoms with van der Waals surface area (Å²) >= 11 is 0. The van der Waals surface area contributed by atoms with E-state index in [0.717, 1.165) is 67.8 Å². The van der Waals surface area contributed by atoms with E-state index < -0.39 is 0 Å². The number of H-pyrrole nitrogens is 1. The van der Waals surface area contributed by atoms with Gasteiger partial charge < -0.3 is 9.42 Å². The first-order valence-electron chi connectivity index (χ1n) is 10.8. The van der Waals surface area contributed by atoms with Crippen LogP contribution < -0.4 is 0 Å². The van der Waals surface area contributed by atoms with Crippen LogP contribution in [0.15, 0.2) is 40.9 Å². The molecule has 0 atom stereocenters. The average Bonchev–Trinajstić information content (AvgIpc) is 3.42. The van der Waals surface area contributed by atoms with Crippen LogP contribution in [0.2, 0.25) is 0 Å². The number of aromatic nitrogens is 4. The number of benzene rings is 1. The number of carbonyl (C=O) groups excluding carboxylic acids is 1. The molecular formula is C23H31N5O2. The van der Waals surface area contributed by atoms with Crippen molar-refractivity contribution in [2.75, 3.05) is 13.6 Å². The summed E-state index contributed by atoms with van der Waals surface area (Å²) < 4.78 is 5.19. The highest BCUT2D eigenvalue weighted by Crippen LogP contribution is 2.18. The first kappa shape index (κ1) is 21.7. The van der Waals surface area contributed by atoms with Crippen LogP contribution in [0.1, 0.15) is 56.4 Å². The van der Waals surface area contributed by atoms with Gasteiger partial charge in [0.05, 0.1) is 5.69 Å². The molecule has 1 amide bonds. The number of amides is 1. The molecule has 0 fully saturated rings. The third-order valence-corrected chi connectivity index (χ3v) is 5.10. The standard InChI is InChI=1S/C23H31N5O2/c1-3-10-21-24-22(30-27-21)14-15-23(29)28(2)16-9-5-8-13-19-17-20(26-25-19)18-11-6-4-7-12-18/h4,6-7,11-12,17H,3,5,8-10,13-16H2,1-2H3,(H,25,26). The van der Waals surface area contributed by atoms with Gasteiger partial charge in [-0.05, 0) is 31.7 Å². The summed E-state index contributed by atoms with van der Waals surface area (Å²) in [4.78, 5) is 18.4. The second-order valence-corrected chi connectivity index (χ2v) is 7.62. The molecule has 30 heavy (non-hydrogen) atoms. The molecule has 0 aliphatic carbocycles. The van der Waals surface area contributed by atoms with E-state index in [-0.39, 0.29) is 5.91 Å². The molecule has 0 unspecified atom stereocenters. The van der Waals surface area contributed by atoms with Gasteiger partial charge in [0.25, 0.3) is 0 Å². The Balaban J connectivity index is 1.30. The second-order valence-electron chi connectivity index (χ2n) is 7.62. The second kappa shape index (κ2) is 11.3. The Morgan fingerprint density at radius 2 is 1.93 bits per heavy atom. The Morgan fingerprint density at radius 1 is 1.10 bits per heavy atom. The summed E-state index contributed by atoms with van der Waals surface area (Å²) in [6, 6.07) is 12.3. The Bertz CT molecular complexity index is 903. The summed E-state index contributed by atoms with van der Waals surface area (Å²) in [6.07, 6.45) is 6.79. The predicted octanol–water partition coefficient (Wildman–Crippen LogP) is 4.22. The molecule has 0 aliphatic heterocycles. The van der Waals surface area contributed by atoms with Crippen molar-refractivity contribution in [3.05, 3.63) is 53.8 Å². The zero-order valence-electron chi connectivity index (χ0n) is 17.9. The first-order chi connectivity index (χ1) is 14.7. The van der Waals surface area contributed by atoms with Crippen LogP contribution in [0, 0.1) is 0 Å². The molecule has 1 aromatic carbocycles. The highest BCUT2D eigenvalue weighted by atomic mass is 16.5. The van der Waals surface area contributed by atoms with E-state index >= 15 is 0 Å². The number of carbonyl (C=O) groups is 1. The molecule has 2 aromatic heterocycles. The molecule has 160 valence electrons. The molecule has 3 rings (SSSR count). The SMILES string of the molecule is CCCc1noc(CCC(=O)N(C)CCCCCc2cc(-c3ccccc3)n[nH]2)n1. The third kappa shape index (κ3) is 6.54. The number of aromatic amines is 1. The monoisotopic (exact) mass is 409 g/mol. The van der Waals surface area contributed by atoms with Crippen LogP contribution in [-0.2, 0) is 24.1 Å². The van der Waals surface area contributed by atoms with Gasteiger partial charge >= 0.3 is 0 Å². The molecule has 0 spiro atoms. The number of aryl methyl sites for hydroxylation is 3. The molecule has 7 heteroatoms. The van der Waals surface area contributed by atoms with Crippen molar-refractivity contribution in [1.82, 2.24) is 25.2 Å². The fraction of sp³-hybridized carbons (Fsp3) is 0.478. The van der Waals surface area contributed by atoms with Gasteiger partial charge in [-0.25, -0.2) is 0 Å². The van der Waals surface area contributed by atoms with E-state index in [1.54, 1.807) is 4.90 Å². The van der Waals surface area contributed by atoms with Crippen molar-refractivity contribution in [2.45, 2.75) is 58.3 Å². The number of hydrogen-bond donors (Lipinski definition) is 1. The van der Waals surface area contributed by atoms with Crippen molar-refractivity contribution < 1.29 is 9.32 Å². The molecule has 0 saturated heterocycles. The average molecular weight is 410 g/mol. The maximum absolute atomic E-state index is 12.3. The van der Waals surface area contributed by atoms with Gasteiger partial charge in [-0.3, -0.25) is 9.89 Å². The molecule has 0 aliphatic rings. The number of rotatable bonds is 12. The van der Waals surface area contributed by atoms with Crippen LogP contribution in [0.5, 0.6) is 0 Å². The zero-order chi connectivity index (χ0) is 21.2. The lowest BCUT2D eigenvalue weighted by atomic mass is 10.1. The van der Waals surface area contributed by atoms with Crippen LogP contribution in [0.4, 0.5) is 0 Å². The van der Waals surface area contributed by atoms with E-state index in [1.807, 2.05) is 25.2 Å². The summed E-state index contributed by atoms with van der Waals surface area (Å²) in [5.41, 5.74) is 3.27. The minimum atomic E-state index is 0.117. The summed E-state index contributed by atoms with van der Waals surface area (Å²) in [6.45, 7) is 2.84. The summed E-state index contributed by atoms with van der Waals surface area (Å²) in [5.74, 6) is 1.39. The lowest BCUT2D eigenvalue weighted by Crippen LogP contribution is -2.27. The van der Waals surface area contributed by atoms with Crippen LogP contribution >= 0.6 is 0 Å². The number of unbranched alkanes of at least 4 members (excludes halogenated alkanes) is 2. The molecule has 0 radical (unpaired) electrons. The lowest BCUT2D eigenvalue weighted by Gasteiger charge is -2.16. The molecule has 2 heterocycles. The summed E-state index contributed by atoms with van der Waals surface area (Å²) in [7, 11) is 1.86. The Labute approximate surface area is 177 Å². The largest absolute Gasteiger partial charge is 0.346 e. The molecule has 3 aromatic rings. The normalized spacial score (nSPS) is 11.0. The van der Waals surface area contributed by atoms with E-state index in [0.29, 0.717) is 18.7 Å². The first-order valence-corrected chi connectivity index (χ1v) is 10.8. The zero-order valence-corrected chi connectivity index (χ0v) is 17.9. The number of nitrogens with one attached hydrogen (secondary N) is 1. The molecule has 0 bridgehead atoms. The highest BCUT2D eigenvalue weighted by molar-refractivity contribution is 5.75.